The zero-order valence-corrected chi connectivity index (χ0v) is 11.1. The number of hydrogen-bond donors (Lipinski definition) is 0. The molecule has 0 aliphatic heterocycles. The molecule has 0 heterocycles. The summed E-state index contributed by atoms with van der Waals surface area (Å²) in [5, 5.41) is 0. The standard InChI is InChI=1S/C17H16O2/c1-12-4-6-14(7-5-12)13(2)17(18)15-8-10-16(19-3)11-9-15/h4-11H,2H2,1,3H3. The van der Waals surface area contributed by atoms with Gasteiger partial charge < -0.3 is 4.74 Å². The number of carbonyl (C=O) groups is 1. The van der Waals surface area contributed by atoms with Crippen LogP contribution >= 0.6 is 0 Å². The number of aryl methyl sites for hydroxylation is 1. The molecule has 2 heteroatoms. The van der Waals surface area contributed by atoms with Crippen molar-refractivity contribution in [3.63, 3.8) is 0 Å². The SMILES string of the molecule is C=C(C(=O)c1ccc(OC)cc1)c1ccc(C)cc1. The summed E-state index contributed by atoms with van der Waals surface area (Å²) in [5.41, 5.74) is 3.14. The number of hydrogen-bond acceptors (Lipinski definition) is 2. The van der Waals surface area contributed by atoms with Gasteiger partial charge in [-0.25, -0.2) is 0 Å². The Morgan fingerprint density at radius 3 is 2.00 bits per heavy atom. The second-order valence-corrected chi connectivity index (χ2v) is 4.40. The summed E-state index contributed by atoms with van der Waals surface area (Å²) in [7, 11) is 1.60. The van der Waals surface area contributed by atoms with Crippen molar-refractivity contribution in [2.75, 3.05) is 7.11 Å². The predicted molar refractivity (Wildman–Crippen MR) is 77.5 cm³/mol. The van der Waals surface area contributed by atoms with Gasteiger partial charge in [0, 0.05) is 11.1 Å². The molecule has 2 nitrogen and oxygen atoms in total. The summed E-state index contributed by atoms with van der Waals surface area (Å²) < 4.78 is 5.07. The third-order valence-corrected chi connectivity index (χ3v) is 3.03. The highest BCUT2D eigenvalue weighted by atomic mass is 16.5. The van der Waals surface area contributed by atoms with E-state index in [1.54, 1.807) is 31.4 Å². The first-order valence-electron chi connectivity index (χ1n) is 6.06. The fourth-order valence-electron chi connectivity index (χ4n) is 1.80. The third-order valence-electron chi connectivity index (χ3n) is 3.03. The number of carbonyl (C=O) groups excluding carboxylic acids is 1. The summed E-state index contributed by atoms with van der Waals surface area (Å²) in [6.07, 6.45) is 0. The first-order chi connectivity index (χ1) is 9.11. The number of ether oxygens (including phenoxy) is 1. The van der Waals surface area contributed by atoms with Crippen LogP contribution in [0.15, 0.2) is 55.1 Å². The van der Waals surface area contributed by atoms with Gasteiger partial charge in [-0.1, -0.05) is 36.4 Å². The summed E-state index contributed by atoms with van der Waals surface area (Å²) in [6, 6.07) is 14.8. The predicted octanol–water partition coefficient (Wildman–Crippen LogP) is 3.90. The van der Waals surface area contributed by atoms with Crippen molar-refractivity contribution in [1.29, 1.82) is 0 Å². The quantitative estimate of drug-likeness (QED) is 0.609. The van der Waals surface area contributed by atoms with E-state index < -0.39 is 0 Å². The average Bonchev–Trinajstić information content (AvgIpc) is 2.46. The largest absolute Gasteiger partial charge is 0.497 e. The van der Waals surface area contributed by atoms with Crippen LogP contribution in [0.1, 0.15) is 21.5 Å². The molecule has 2 aromatic rings. The number of allylic oxidation sites excluding steroid dienone is 1. The van der Waals surface area contributed by atoms with Crippen molar-refractivity contribution in [2.24, 2.45) is 0 Å². The Balaban J connectivity index is 2.23. The van der Waals surface area contributed by atoms with Crippen LogP contribution in [0.25, 0.3) is 5.57 Å². The molecule has 0 amide bonds. The Kier molecular flexibility index (Phi) is 3.81. The van der Waals surface area contributed by atoms with Gasteiger partial charge >= 0.3 is 0 Å². The normalized spacial score (nSPS) is 10.0. The van der Waals surface area contributed by atoms with Gasteiger partial charge in [0.05, 0.1) is 7.11 Å². The van der Waals surface area contributed by atoms with E-state index in [0.29, 0.717) is 11.1 Å². The average molecular weight is 252 g/mol. The van der Waals surface area contributed by atoms with Gasteiger partial charge in [-0.05, 0) is 36.8 Å². The van der Waals surface area contributed by atoms with E-state index in [1.165, 1.54) is 0 Å². The highest BCUT2D eigenvalue weighted by Gasteiger charge is 2.12. The fourth-order valence-corrected chi connectivity index (χ4v) is 1.80. The van der Waals surface area contributed by atoms with Gasteiger partial charge in [-0.3, -0.25) is 4.79 Å². The lowest BCUT2D eigenvalue weighted by Crippen LogP contribution is -2.01. The van der Waals surface area contributed by atoms with Crippen molar-refractivity contribution < 1.29 is 9.53 Å². The molecular weight excluding hydrogens is 236 g/mol. The molecule has 0 saturated carbocycles. The minimum atomic E-state index is -0.0634. The van der Waals surface area contributed by atoms with Gasteiger partial charge in [0.2, 0.25) is 0 Å². The lowest BCUT2D eigenvalue weighted by molar-refractivity contribution is 0.105. The molecule has 0 aliphatic rings. The maximum atomic E-state index is 12.3. The first-order valence-corrected chi connectivity index (χ1v) is 6.06. The van der Waals surface area contributed by atoms with E-state index in [1.807, 2.05) is 31.2 Å². The molecule has 0 spiro atoms. The molecule has 96 valence electrons. The van der Waals surface area contributed by atoms with Crippen LogP contribution in [0.3, 0.4) is 0 Å². The van der Waals surface area contributed by atoms with Crippen molar-refractivity contribution in [3.8, 4) is 5.75 Å². The van der Waals surface area contributed by atoms with Gasteiger partial charge in [0.25, 0.3) is 0 Å². The van der Waals surface area contributed by atoms with E-state index in [4.69, 9.17) is 4.74 Å². The maximum Gasteiger partial charge on any atom is 0.193 e. The van der Waals surface area contributed by atoms with Crippen molar-refractivity contribution >= 4 is 11.4 Å². The van der Waals surface area contributed by atoms with Gasteiger partial charge in [0.15, 0.2) is 5.78 Å². The number of ketones is 1. The van der Waals surface area contributed by atoms with Gasteiger partial charge in [-0.15, -0.1) is 0 Å². The highest BCUT2D eigenvalue weighted by molar-refractivity contribution is 6.28. The fraction of sp³-hybridized carbons (Fsp3) is 0.118. The monoisotopic (exact) mass is 252 g/mol. The Hall–Kier alpha value is -2.35. The first kappa shape index (κ1) is 13.1. The summed E-state index contributed by atoms with van der Waals surface area (Å²) in [6.45, 7) is 5.90. The second-order valence-electron chi connectivity index (χ2n) is 4.40. The molecule has 0 saturated heterocycles. The minimum Gasteiger partial charge on any atom is -0.497 e. The Morgan fingerprint density at radius 2 is 1.47 bits per heavy atom. The van der Waals surface area contributed by atoms with Crippen LogP contribution in [0, 0.1) is 6.92 Å². The molecule has 0 atom stereocenters. The number of methoxy groups -OCH3 is 1. The number of benzene rings is 2. The number of rotatable bonds is 4. The van der Waals surface area contributed by atoms with Crippen molar-refractivity contribution in [3.05, 3.63) is 71.8 Å². The molecule has 0 bridgehead atoms. The molecule has 19 heavy (non-hydrogen) atoms. The van der Waals surface area contributed by atoms with E-state index in [9.17, 15) is 4.79 Å². The van der Waals surface area contributed by atoms with Crippen LogP contribution in [-0.4, -0.2) is 12.9 Å². The maximum absolute atomic E-state index is 12.3. The molecular formula is C17H16O2. The smallest absolute Gasteiger partial charge is 0.193 e. The van der Waals surface area contributed by atoms with Gasteiger partial charge in [0.1, 0.15) is 5.75 Å². The Labute approximate surface area is 113 Å². The van der Waals surface area contributed by atoms with E-state index in [-0.39, 0.29) is 5.78 Å². The molecule has 0 unspecified atom stereocenters. The van der Waals surface area contributed by atoms with E-state index >= 15 is 0 Å². The molecule has 0 aromatic heterocycles. The zero-order chi connectivity index (χ0) is 13.8. The molecule has 0 fully saturated rings. The second kappa shape index (κ2) is 5.53. The van der Waals surface area contributed by atoms with Crippen molar-refractivity contribution in [2.45, 2.75) is 6.92 Å². The minimum absolute atomic E-state index is 0.0634. The van der Waals surface area contributed by atoms with Crippen LogP contribution in [0.5, 0.6) is 5.75 Å². The molecule has 0 aliphatic carbocycles. The van der Waals surface area contributed by atoms with Gasteiger partial charge in [-0.2, -0.15) is 0 Å². The Bertz CT molecular complexity index is 592. The van der Waals surface area contributed by atoms with Crippen molar-refractivity contribution in [1.82, 2.24) is 0 Å². The summed E-state index contributed by atoms with van der Waals surface area (Å²) >= 11 is 0. The van der Waals surface area contributed by atoms with E-state index in [0.717, 1.165) is 16.9 Å². The highest BCUT2D eigenvalue weighted by Crippen LogP contribution is 2.20. The topological polar surface area (TPSA) is 26.3 Å². The lowest BCUT2D eigenvalue weighted by atomic mass is 9.97. The summed E-state index contributed by atoms with van der Waals surface area (Å²) in [4.78, 5) is 12.3. The molecule has 2 rings (SSSR count). The molecule has 0 N–H and O–H groups in total. The van der Waals surface area contributed by atoms with E-state index in [2.05, 4.69) is 6.58 Å². The van der Waals surface area contributed by atoms with Crippen LogP contribution in [-0.2, 0) is 0 Å². The molecule has 0 radical (unpaired) electrons. The zero-order valence-electron chi connectivity index (χ0n) is 11.1. The third kappa shape index (κ3) is 2.91. The van der Waals surface area contributed by atoms with Crippen LogP contribution in [0.2, 0.25) is 0 Å². The summed E-state index contributed by atoms with van der Waals surface area (Å²) in [5.74, 6) is 0.670. The molecule has 2 aromatic carbocycles. The van der Waals surface area contributed by atoms with Crippen LogP contribution < -0.4 is 4.74 Å². The van der Waals surface area contributed by atoms with Crippen LogP contribution in [0.4, 0.5) is 0 Å². The lowest BCUT2D eigenvalue weighted by Gasteiger charge is -2.06. The number of Topliss-reactive ketones (excluding diaryl/α,β-unsaturated/α-hetero) is 1. The Morgan fingerprint density at radius 1 is 0.947 bits per heavy atom.